The van der Waals surface area contributed by atoms with Crippen molar-refractivity contribution in [1.29, 1.82) is 0 Å². The second kappa shape index (κ2) is 21.1. The lowest BCUT2D eigenvalue weighted by Crippen LogP contribution is -2.58. The second-order valence-electron chi connectivity index (χ2n) is 15.6. The third-order valence-electron chi connectivity index (χ3n) is 10.7. The largest absolute Gasteiger partial charge is 0.456 e. The number of likely N-dealkylation sites (tertiary alicyclic amines) is 1. The van der Waals surface area contributed by atoms with E-state index in [0.29, 0.717) is 40.6 Å². The van der Waals surface area contributed by atoms with Crippen molar-refractivity contribution in [2.75, 3.05) is 40.5 Å². The van der Waals surface area contributed by atoms with Crippen LogP contribution in [-0.2, 0) is 38.1 Å². The second-order valence-corrected chi connectivity index (χ2v) is 16.4. The molecule has 1 aromatic heterocycles. The maximum Gasteiger partial charge on any atom is 0.407 e. The molecule has 3 aromatic rings. The number of hydrogen-bond donors (Lipinski definition) is 2. The van der Waals surface area contributed by atoms with Crippen LogP contribution in [0.2, 0.25) is 0 Å². The molecule has 1 fully saturated rings. The molecule has 0 bridgehead atoms. The van der Waals surface area contributed by atoms with Crippen LogP contribution in [0, 0.1) is 11.8 Å². The number of rotatable bonds is 18. The van der Waals surface area contributed by atoms with Crippen molar-refractivity contribution in [3.8, 4) is 11.1 Å². The first-order chi connectivity index (χ1) is 28.9. The number of hydrogen-bond acceptors (Lipinski definition) is 14. The van der Waals surface area contributed by atoms with Gasteiger partial charge in [-0.3, -0.25) is 19.2 Å². The third kappa shape index (κ3) is 11.1. The average molecular weight is 866 g/mol. The Balaban J connectivity index is 1.41. The molecule has 2 aromatic carbocycles. The summed E-state index contributed by atoms with van der Waals surface area (Å²) in [6.07, 6.45) is -0.165. The number of carbonyl (C=O) groups is 8. The van der Waals surface area contributed by atoms with E-state index >= 15 is 0 Å². The number of ether oxygens (including phenoxy) is 4. The Morgan fingerprint density at radius 3 is 2.03 bits per heavy atom. The number of aromatic nitrogens is 1. The Hall–Kier alpha value is -5.91. The van der Waals surface area contributed by atoms with Gasteiger partial charge in [0.15, 0.2) is 19.0 Å². The SMILES string of the molecule is CCCN(C(=O)C(NC(=O)OC)C(C)C)C(C)C(=O)OCC(=O)c1ccc(-c2ccc(C(=O)COC(=O)C3(C)CCCN3C(=O)C(NC(=O)OC)C(C)C)cc2)c2ncsc12. The Labute approximate surface area is 358 Å². The number of ketones is 2. The quantitative estimate of drug-likeness (QED) is 0.0958. The first-order valence-electron chi connectivity index (χ1n) is 20.1. The molecule has 4 unspecified atom stereocenters. The van der Waals surface area contributed by atoms with E-state index in [2.05, 4.69) is 25.1 Å². The van der Waals surface area contributed by atoms with Crippen LogP contribution in [0.3, 0.4) is 0 Å². The van der Waals surface area contributed by atoms with Gasteiger partial charge in [-0.05, 0) is 56.6 Å². The number of alkyl carbamates (subject to hydrolysis) is 2. The van der Waals surface area contributed by atoms with Crippen LogP contribution in [-0.4, -0.2) is 126 Å². The molecular weight excluding hydrogens is 811 g/mol. The van der Waals surface area contributed by atoms with Crippen LogP contribution in [0.25, 0.3) is 21.3 Å². The summed E-state index contributed by atoms with van der Waals surface area (Å²) in [7, 11) is 2.39. The van der Waals surface area contributed by atoms with E-state index in [1.165, 1.54) is 42.3 Å². The molecule has 2 N–H and O–H groups in total. The van der Waals surface area contributed by atoms with Gasteiger partial charge in [0.2, 0.25) is 17.6 Å². The molecule has 4 rings (SSSR count). The van der Waals surface area contributed by atoms with E-state index in [4.69, 9.17) is 9.47 Å². The highest BCUT2D eigenvalue weighted by Crippen LogP contribution is 2.34. The number of Topliss-reactive ketones (excluding diaryl/α,β-unsaturated/α-hetero) is 2. The fourth-order valence-electron chi connectivity index (χ4n) is 7.08. The minimum Gasteiger partial charge on any atom is -0.456 e. The molecule has 0 spiro atoms. The molecule has 0 aliphatic carbocycles. The smallest absolute Gasteiger partial charge is 0.407 e. The lowest BCUT2D eigenvalue weighted by atomic mass is 9.96. The first-order valence-corrected chi connectivity index (χ1v) is 21.0. The molecular formula is C43H55N5O12S. The molecule has 330 valence electrons. The number of nitrogens with zero attached hydrogens (tertiary/aromatic N) is 3. The van der Waals surface area contributed by atoms with E-state index in [-0.39, 0.29) is 36.1 Å². The van der Waals surface area contributed by atoms with Crippen LogP contribution in [0.4, 0.5) is 9.59 Å². The first kappa shape index (κ1) is 47.8. The Bertz CT molecular complexity index is 2120. The average Bonchev–Trinajstić information content (AvgIpc) is 3.91. The van der Waals surface area contributed by atoms with Gasteiger partial charge in [0.25, 0.3) is 0 Å². The molecule has 4 amide bonds. The Morgan fingerprint density at radius 1 is 0.836 bits per heavy atom. The summed E-state index contributed by atoms with van der Waals surface area (Å²) in [5.74, 6) is -3.98. The van der Waals surface area contributed by atoms with Gasteiger partial charge in [0, 0.05) is 29.8 Å². The minimum absolute atomic E-state index is 0.210. The molecule has 1 saturated heterocycles. The van der Waals surface area contributed by atoms with Gasteiger partial charge < -0.3 is 39.4 Å². The van der Waals surface area contributed by atoms with Gasteiger partial charge in [-0.2, -0.15) is 0 Å². The number of esters is 2. The van der Waals surface area contributed by atoms with Crippen molar-refractivity contribution in [2.45, 2.75) is 91.4 Å². The summed E-state index contributed by atoms with van der Waals surface area (Å²) < 4.78 is 20.8. The van der Waals surface area contributed by atoms with Crippen LogP contribution in [0.15, 0.2) is 41.9 Å². The highest BCUT2D eigenvalue weighted by molar-refractivity contribution is 7.17. The van der Waals surface area contributed by atoms with Crippen molar-refractivity contribution >= 4 is 69.1 Å². The Kier molecular flexibility index (Phi) is 16.5. The fourth-order valence-corrected chi connectivity index (χ4v) is 7.93. The van der Waals surface area contributed by atoms with Crippen molar-refractivity contribution in [1.82, 2.24) is 25.4 Å². The summed E-state index contributed by atoms with van der Waals surface area (Å²) in [6.45, 7) is 11.3. The number of carbonyl (C=O) groups excluding carboxylic acids is 8. The standard InChI is InChI=1S/C43H55N5O12S/c1-10-19-47(37(51)33(24(2)3)45-41(55)57-8)26(6)39(53)59-22-32(50)30-17-16-29(35-36(30)61-23-44-35)27-12-14-28(15-13-27)31(49)21-60-40(54)43(7)18-11-20-48(43)38(52)34(25(4)5)46-42(56)58-9/h12-17,23-26,33-34H,10-11,18-22H2,1-9H3,(H,45,55)(H,46,56). The highest BCUT2D eigenvalue weighted by atomic mass is 32.1. The molecule has 4 atom stereocenters. The van der Waals surface area contributed by atoms with Gasteiger partial charge >= 0.3 is 24.1 Å². The van der Waals surface area contributed by atoms with Crippen LogP contribution in [0.5, 0.6) is 0 Å². The molecule has 0 saturated carbocycles. The topological polar surface area (TPSA) is 217 Å². The number of amides is 4. The van der Waals surface area contributed by atoms with Gasteiger partial charge in [-0.15, -0.1) is 11.3 Å². The van der Waals surface area contributed by atoms with Crippen molar-refractivity contribution in [3.05, 3.63) is 53.0 Å². The summed E-state index contributed by atoms with van der Waals surface area (Å²) in [6, 6.07) is 6.99. The third-order valence-corrected chi connectivity index (χ3v) is 11.5. The van der Waals surface area contributed by atoms with E-state index in [1.807, 2.05) is 6.92 Å². The van der Waals surface area contributed by atoms with Crippen molar-refractivity contribution in [3.63, 3.8) is 0 Å². The predicted octanol–water partition coefficient (Wildman–Crippen LogP) is 5.18. The number of nitrogens with one attached hydrogen (secondary N) is 2. The zero-order chi connectivity index (χ0) is 45.2. The monoisotopic (exact) mass is 865 g/mol. The summed E-state index contributed by atoms with van der Waals surface area (Å²) in [4.78, 5) is 111. The van der Waals surface area contributed by atoms with E-state index < -0.39 is 84.4 Å². The van der Waals surface area contributed by atoms with Gasteiger partial charge in [-0.1, -0.05) is 65.0 Å². The van der Waals surface area contributed by atoms with Gasteiger partial charge in [0.05, 0.1) is 29.9 Å². The number of thiazole rings is 1. The van der Waals surface area contributed by atoms with Crippen LogP contribution >= 0.6 is 11.3 Å². The molecule has 17 nitrogen and oxygen atoms in total. The number of benzene rings is 2. The lowest BCUT2D eigenvalue weighted by molar-refractivity contribution is -0.160. The van der Waals surface area contributed by atoms with Crippen molar-refractivity contribution in [2.24, 2.45) is 11.8 Å². The molecule has 1 aliphatic rings. The highest BCUT2D eigenvalue weighted by Gasteiger charge is 2.49. The summed E-state index contributed by atoms with van der Waals surface area (Å²) in [5, 5.41) is 5.07. The minimum atomic E-state index is -1.34. The molecule has 61 heavy (non-hydrogen) atoms. The van der Waals surface area contributed by atoms with E-state index in [9.17, 15) is 38.4 Å². The molecule has 1 aliphatic heterocycles. The fraction of sp³-hybridized carbons (Fsp3) is 0.512. The van der Waals surface area contributed by atoms with Gasteiger partial charge in [0.1, 0.15) is 23.7 Å². The molecule has 0 radical (unpaired) electrons. The maximum atomic E-state index is 13.5. The normalized spacial score (nSPS) is 16.3. The van der Waals surface area contributed by atoms with Crippen LogP contribution in [0.1, 0.15) is 88.4 Å². The number of fused-ring (bicyclic) bond motifs is 1. The van der Waals surface area contributed by atoms with Crippen LogP contribution < -0.4 is 10.6 Å². The molecule has 2 heterocycles. The zero-order valence-corrected chi connectivity index (χ0v) is 36.8. The van der Waals surface area contributed by atoms with Gasteiger partial charge in [-0.25, -0.2) is 24.2 Å². The lowest BCUT2D eigenvalue weighted by Gasteiger charge is -2.36. The van der Waals surface area contributed by atoms with E-state index in [1.54, 1.807) is 76.5 Å². The summed E-state index contributed by atoms with van der Waals surface area (Å²) >= 11 is 1.23. The predicted molar refractivity (Wildman–Crippen MR) is 225 cm³/mol. The molecule has 18 heteroatoms. The maximum absolute atomic E-state index is 13.5. The summed E-state index contributed by atoms with van der Waals surface area (Å²) in [5.41, 5.74) is 2.71. The van der Waals surface area contributed by atoms with Crippen molar-refractivity contribution < 1.29 is 57.3 Å². The Morgan fingerprint density at radius 2 is 1.44 bits per heavy atom. The zero-order valence-electron chi connectivity index (χ0n) is 36.0. The number of methoxy groups -OCH3 is 2. The van der Waals surface area contributed by atoms with E-state index in [0.717, 1.165) is 0 Å².